The summed E-state index contributed by atoms with van der Waals surface area (Å²) >= 11 is 0. The molecule has 1 heterocycles. The lowest BCUT2D eigenvalue weighted by molar-refractivity contribution is 0.102. The number of ether oxygens (including phenoxy) is 3. The van der Waals surface area contributed by atoms with Gasteiger partial charge in [0, 0.05) is 29.0 Å². The molecule has 38 heavy (non-hydrogen) atoms. The third-order valence-electron chi connectivity index (χ3n) is 5.82. The number of amides is 1. The Morgan fingerprint density at radius 1 is 0.789 bits per heavy atom. The Hall–Kier alpha value is -5.11. The van der Waals surface area contributed by atoms with Gasteiger partial charge in [-0.05, 0) is 66.7 Å². The van der Waals surface area contributed by atoms with Crippen LogP contribution in [-0.2, 0) is 0 Å². The number of anilines is 3. The average Bonchev–Trinajstić information content (AvgIpc) is 2.94. The molecule has 0 fully saturated rings. The number of hydrogen-bond donors (Lipinski definition) is 2. The van der Waals surface area contributed by atoms with Gasteiger partial charge in [0.1, 0.15) is 17.3 Å². The highest BCUT2D eigenvalue weighted by Gasteiger charge is 2.13. The fourth-order valence-electron chi connectivity index (χ4n) is 3.98. The minimum atomic E-state index is -0.363. The van der Waals surface area contributed by atoms with Crippen molar-refractivity contribution >= 4 is 33.9 Å². The van der Waals surface area contributed by atoms with E-state index in [0.717, 1.165) is 5.39 Å². The molecule has 0 aliphatic heterocycles. The van der Waals surface area contributed by atoms with E-state index in [-0.39, 0.29) is 11.7 Å². The molecule has 0 unspecified atom stereocenters. The maximum Gasteiger partial charge on any atom is 0.257 e. The highest BCUT2D eigenvalue weighted by atomic mass is 19.1. The van der Waals surface area contributed by atoms with Gasteiger partial charge < -0.3 is 24.8 Å². The number of benzene rings is 4. The second-order valence-corrected chi connectivity index (χ2v) is 8.29. The van der Waals surface area contributed by atoms with Gasteiger partial charge in [-0.15, -0.1) is 0 Å². The molecule has 0 spiro atoms. The number of nitrogens with one attached hydrogen (secondary N) is 2. The molecule has 1 amide bonds. The number of aromatic nitrogens is 1. The van der Waals surface area contributed by atoms with Crippen LogP contribution in [0.2, 0.25) is 0 Å². The normalized spacial score (nSPS) is 10.6. The second-order valence-electron chi connectivity index (χ2n) is 8.29. The molecule has 0 saturated carbocycles. The molecule has 5 rings (SSSR count). The van der Waals surface area contributed by atoms with Crippen LogP contribution in [0.15, 0.2) is 97.2 Å². The van der Waals surface area contributed by atoms with Crippen molar-refractivity contribution in [3.63, 3.8) is 0 Å². The molecule has 190 valence electrons. The van der Waals surface area contributed by atoms with Gasteiger partial charge >= 0.3 is 0 Å². The molecule has 0 radical (unpaired) electrons. The lowest BCUT2D eigenvalue weighted by Crippen LogP contribution is -2.13. The van der Waals surface area contributed by atoms with Crippen LogP contribution in [0.5, 0.6) is 23.0 Å². The summed E-state index contributed by atoms with van der Waals surface area (Å²) in [6, 6.07) is 25.5. The van der Waals surface area contributed by atoms with E-state index in [4.69, 9.17) is 14.2 Å². The Balaban J connectivity index is 1.32. The van der Waals surface area contributed by atoms with Crippen LogP contribution in [0, 0.1) is 5.82 Å². The summed E-state index contributed by atoms with van der Waals surface area (Å²) in [4.78, 5) is 17.4. The zero-order valence-corrected chi connectivity index (χ0v) is 20.7. The molecule has 1 aromatic heterocycles. The van der Waals surface area contributed by atoms with Crippen LogP contribution >= 0.6 is 0 Å². The van der Waals surface area contributed by atoms with Crippen LogP contribution in [-0.4, -0.2) is 25.1 Å². The summed E-state index contributed by atoms with van der Waals surface area (Å²) in [6.45, 7) is 0. The highest BCUT2D eigenvalue weighted by Crippen LogP contribution is 2.37. The van der Waals surface area contributed by atoms with E-state index >= 15 is 0 Å². The lowest BCUT2D eigenvalue weighted by atomic mass is 10.1. The van der Waals surface area contributed by atoms with E-state index in [9.17, 15) is 9.18 Å². The lowest BCUT2D eigenvalue weighted by Gasteiger charge is -2.14. The van der Waals surface area contributed by atoms with Crippen LogP contribution in [0.25, 0.3) is 10.9 Å². The number of para-hydroxylation sites is 1. The Labute approximate surface area is 218 Å². The number of halogens is 1. The molecule has 0 bridgehead atoms. The Bertz CT molecular complexity index is 1610. The van der Waals surface area contributed by atoms with E-state index in [2.05, 4.69) is 15.6 Å². The minimum Gasteiger partial charge on any atom is -0.493 e. The monoisotopic (exact) mass is 509 g/mol. The molecular formula is C30H24FN3O4. The average molecular weight is 510 g/mol. The van der Waals surface area contributed by atoms with Gasteiger partial charge in [-0.1, -0.05) is 18.2 Å². The van der Waals surface area contributed by atoms with Gasteiger partial charge in [-0.3, -0.25) is 9.78 Å². The predicted octanol–water partition coefficient (Wildman–Crippen LogP) is 7.18. The number of fused-ring (bicyclic) bond motifs is 1. The van der Waals surface area contributed by atoms with Crippen molar-refractivity contribution in [1.82, 2.24) is 4.98 Å². The maximum atomic E-state index is 13.6. The number of rotatable bonds is 8. The molecule has 0 aliphatic rings. The number of hydrogen-bond acceptors (Lipinski definition) is 6. The number of methoxy groups -OCH3 is 2. The van der Waals surface area contributed by atoms with E-state index in [0.29, 0.717) is 51.1 Å². The van der Waals surface area contributed by atoms with Crippen molar-refractivity contribution in [3.05, 3.63) is 109 Å². The molecule has 0 saturated heterocycles. The van der Waals surface area contributed by atoms with E-state index in [1.165, 1.54) is 12.1 Å². The zero-order chi connectivity index (χ0) is 26.5. The van der Waals surface area contributed by atoms with Crippen LogP contribution < -0.4 is 24.8 Å². The molecule has 0 atom stereocenters. The topological polar surface area (TPSA) is 81.7 Å². The highest BCUT2D eigenvalue weighted by molar-refractivity contribution is 6.08. The molecule has 2 N–H and O–H groups in total. The fourth-order valence-corrected chi connectivity index (χ4v) is 3.98. The van der Waals surface area contributed by atoms with E-state index in [1.807, 2.05) is 6.07 Å². The first-order valence-corrected chi connectivity index (χ1v) is 11.8. The third kappa shape index (κ3) is 5.34. The van der Waals surface area contributed by atoms with Crippen LogP contribution in [0.3, 0.4) is 0 Å². The van der Waals surface area contributed by atoms with Crippen LogP contribution in [0.4, 0.5) is 21.5 Å². The SMILES string of the molecule is COc1cc2nccc(Oc3ccc(NC(=O)c4ccccc4Nc4cccc(F)c4)cc3)c2cc1OC. The third-order valence-corrected chi connectivity index (χ3v) is 5.82. The van der Waals surface area contributed by atoms with Crippen molar-refractivity contribution in [1.29, 1.82) is 0 Å². The van der Waals surface area contributed by atoms with Gasteiger partial charge in [-0.25, -0.2) is 4.39 Å². The van der Waals surface area contributed by atoms with Crippen LogP contribution in [0.1, 0.15) is 10.4 Å². The minimum absolute atomic E-state index is 0.306. The van der Waals surface area contributed by atoms with Gasteiger partial charge in [-0.2, -0.15) is 0 Å². The number of carbonyl (C=O) groups is 1. The molecule has 7 nitrogen and oxygen atoms in total. The molecule has 5 aromatic rings. The van der Waals surface area contributed by atoms with Crippen molar-refractivity contribution < 1.29 is 23.4 Å². The second kappa shape index (κ2) is 10.9. The quantitative estimate of drug-likeness (QED) is 0.231. The van der Waals surface area contributed by atoms with Crippen molar-refractivity contribution in [2.45, 2.75) is 0 Å². The first-order chi connectivity index (χ1) is 18.5. The fraction of sp³-hybridized carbons (Fsp3) is 0.0667. The summed E-state index contributed by atoms with van der Waals surface area (Å²) in [6.07, 6.45) is 1.66. The molecule has 8 heteroatoms. The van der Waals surface area contributed by atoms with Gasteiger partial charge in [0.05, 0.1) is 31.0 Å². The summed E-state index contributed by atoms with van der Waals surface area (Å²) < 4.78 is 30.5. The summed E-state index contributed by atoms with van der Waals surface area (Å²) in [7, 11) is 3.15. The number of carbonyl (C=O) groups excluding carboxylic acids is 1. The number of nitrogens with zero attached hydrogens (tertiary/aromatic N) is 1. The predicted molar refractivity (Wildman–Crippen MR) is 145 cm³/mol. The summed E-state index contributed by atoms with van der Waals surface area (Å²) in [5, 5.41) is 6.77. The maximum absolute atomic E-state index is 13.6. The van der Waals surface area contributed by atoms with E-state index in [1.54, 1.807) is 93.2 Å². The van der Waals surface area contributed by atoms with Crippen molar-refractivity contribution in [3.8, 4) is 23.0 Å². The largest absolute Gasteiger partial charge is 0.493 e. The Morgan fingerprint density at radius 2 is 1.55 bits per heavy atom. The van der Waals surface area contributed by atoms with E-state index < -0.39 is 0 Å². The smallest absolute Gasteiger partial charge is 0.257 e. The van der Waals surface area contributed by atoms with Crippen molar-refractivity contribution in [2.75, 3.05) is 24.9 Å². The Morgan fingerprint density at radius 3 is 2.32 bits per heavy atom. The first kappa shape index (κ1) is 24.6. The van der Waals surface area contributed by atoms with Gasteiger partial charge in [0.2, 0.25) is 0 Å². The molecule has 0 aliphatic carbocycles. The molecule has 4 aromatic carbocycles. The zero-order valence-electron chi connectivity index (χ0n) is 20.7. The van der Waals surface area contributed by atoms with Crippen molar-refractivity contribution in [2.24, 2.45) is 0 Å². The summed E-state index contributed by atoms with van der Waals surface area (Å²) in [5.41, 5.74) is 2.83. The van der Waals surface area contributed by atoms with Gasteiger partial charge in [0.15, 0.2) is 11.5 Å². The Kier molecular flexibility index (Phi) is 7.04. The van der Waals surface area contributed by atoms with Gasteiger partial charge in [0.25, 0.3) is 5.91 Å². The summed E-state index contributed by atoms with van der Waals surface area (Å²) in [5.74, 6) is 1.67. The standard InChI is InChI=1S/C30H24FN3O4/c1-36-28-17-24-26(18-29(28)37-2)32-15-14-27(24)38-22-12-10-20(11-13-22)34-30(35)23-8-3-4-9-25(23)33-21-7-5-6-19(31)16-21/h3-18,33H,1-2H3,(H,34,35). The molecular weight excluding hydrogens is 485 g/mol. The first-order valence-electron chi connectivity index (χ1n) is 11.8. The number of pyridine rings is 1.